The Morgan fingerprint density at radius 2 is 2.00 bits per heavy atom. The van der Waals surface area contributed by atoms with Crippen LogP contribution >= 0.6 is 0 Å². The van der Waals surface area contributed by atoms with Crippen LogP contribution in [0.4, 0.5) is 30.5 Å². The number of nitrogens with zero attached hydrogens (tertiary/aromatic N) is 4. The molecule has 2 unspecified atom stereocenters. The molecule has 164 valence electrons. The number of anilines is 3. The zero-order chi connectivity index (χ0) is 22.6. The van der Waals surface area contributed by atoms with Gasteiger partial charge in [-0.3, -0.25) is 14.5 Å². The van der Waals surface area contributed by atoms with Crippen LogP contribution in [-0.2, 0) is 9.59 Å². The molecule has 0 saturated carbocycles. The third-order valence-electron chi connectivity index (χ3n) is 6.05. The maximum Gasteiger partial charge on any atom is 0.397 e. The van der Waals surface area contributed by atoms with Crippen molar-refractivity contribution in [2.24, 2.45) is 17.4 Å². The van der Waals surface area contributed by atoms with Crippen LogP contribution in [0.5, 0.6) is 0 Å². The quantitative estimate of drug-likeness (QED) is 0.741. The van der Waals surface area contributed by atoms with Crippen molar-refractivity contribution >= 4 is 29.1 Å². The Balaban J connectivity index is 1.98. The Morgan fingerprint density at radius 1 is 1.26 bits per heavy atom. The maximum absolute atomic E-state index is 13.6. The first-order chi connectivity index (χ1) is 14.6. The molecular formula is C20H21F3N6O2. The SMILES string of the molecule is CCC(c1ccc2c(n1)N(c1ccccn1)[C@]1(C(N)=O)CN2CC1C(N)=O)C(F)(F)F. The maximum atomic E-state index is 13.6. The number of amides is 2. The van der Waals surface area contributed by atoms with Gasteiger partial charge in [-0.2, -0.15) is 13.2 Å². The third kappa shape index (κ3) is 3.06. The highest BCUT2D eigenvalue weighted by molar-refractivity contribution is 6.02. The minimum Gasteiger partial charge on any atom is -0.369 e. The first-order valence-corrected chi connectivity index (χ1v) is 9.74. The summed E-state index contributed by atoms with van der Waals surface area (Å²) in [6.07, 6.45) is -3.22. The summed E-state index contributed by atoms with van der Waals surface area (Å²) in [5.74, 6) is -4.03. The van der Waals surface area contributed by atoms with E-state index < -0.39 is 35.4 Å². The molecule has 31 heavy (non-hydrogen) atoms. The van der Waals surface area contributed by atoms with E-state index >= 15 is 0 Å². The second-order valence-electron chi connectivity index (χ2n) is 7.73. The Labute approximate surface area is 176 Å². The standard InChI is InChI=1S/C20H21F3N6O2/c1-2-11(20(21,22)23)13-6-7-14-17(27-13)29(15-5-3-4-8-26-15)19(18(25)31)10-28(14)9-12(19)16(24)30/h3-8,11-12H,2,9-10H2,1H3,(H2,24,30)(H2,25,31)/t11?,12?,19-/m1/s1. The molecule has 2 aliphatic rings. The zero-order valence-electron chi connectivity index (χ0n) is 16.6. The van der Waals surface area contributed by atoms with Crippen molar-refractivity contribution in [1.82, 2.24) is 9.97 Å². The molecule has 8 nitrogen and oxygen atoms in total. The molecule has 0 aromatic carbocycles. The number of hydrogen-bond acceptors (Lipinski definition) is 6. The first-order valence-electron chi connectivity index (χ1n) is 9.74. The molecule has 3 atom stereocenters. The van der Waals surface area contributed by atoms with Crippen molar-refractivity contribution < 1.29 is 22.8 Å². The Morgan fingerprint density at radius 3 is 2.55 bits per heavy atom. The molecule has 11 heteroatoms. The molecule has 0 aliphatic carbocycles. The largest absolute Gasteiger partial charge is 0.397 e. The smallest absolute Gasteiger partial charge is 0.369 e. The minimum absolute atomic E-state index is 0.0387. The van der Waals surface area contributed by atoms with E-state index in [1.807, 2.05) is 0 Å². The van der Waals surface area contributed by atoms with Crippen molar-refractivity contribution in [3.63, 3.8) is 0 Å². The number of fused-ring (bicyclic) bond motifs is 4. The zero-order valence-corrected chi connectivity index (χ0v) is 16.6. The van der Waals surface area contributed by atoms with Crippen LogP contribution in [0.2, 0.25) is 0 Å². The Bertz CT molecular complexity index is 1030. The van der Waals surface area contributed by atoms with Gasteiger partial charge in [-0.15, -0.1) is 0 Å². The van der Waals surface area contributed by atoms with Gasteiger partial charge in [0, 0.05) is 12.7 Å². The van der Waals surface area contributed by atoms with Gasteiger partial charge in [-0.25, -0.2) is 9.97 Å². The van der Waals surface area contributed by atoms with Gasteiger partial charge in [-0.1, -0.05) is 13.0 Å². The van der Waals surface area contributed by atoms with Gasteiger partial charge in [0.25, 0.3) is 0 Å². The van der Waals surface area contributed by atoms with Crippen LogP contribution in [0.15, 0.2) is 36.5 Å². The average Bonchev–Trinajstić information content (AvgIpc) is 3.06. The number of hydrogen-bond donors (Lipinski definition) is 2. The summed E-state index contributed by atoms with van der Waals surface area (Å²) in [6.45, 7) is 1.56. The van der Waals surface area contributed by atoms with E-state index in [1.165, 1.54) is 30.2 Å². The summed E-state index contributed by atoms with van der Waals surface area (Å²) in [5, 5.41) is 0. The number of carbonyl (C=O) groups excluding carboxylic acids is 2. The lowest BCUT2D eigenvalue weighted by atomic mass is 9.83. The summed E-state index contributed by atoms with van der Waals surface area (Å²) >= 11 is 0. The number of halogens is 3. The number of rotatable bonds is 5. The highest BCUT2D eigenvalue weighted by atomic mass is 19.4. The number of carbonyl (C=O) groups is 2. The molecule has 4 N–H and O–H groups in total. The van der Waals surface area contributed by atoms with Gasteiger partial charge in [0.1, 0.15) is 5.82 Å². The Hall–Kier alpha value is -3.37. The summed E-state index contributed by atoms with van der Waals surface area (Å²) < 4.78 is 40.8. The van der Waals surface area contributed by atoms with Crippen molar-refractivity contribution in [2.75, 3.05) is 22.9 Å². The second-order valence-corrected chi connectivity index (χ2v) is 7.73. The molecule has 2 bridgehead atoms. The molecule has 4 rings (SSSR count). The second kappa shape index (κ2) is 7.10. The van der Waals surface area contributed by atoms with E-state index in [4.69, 9.17) is 11.5 Å². The monoisotopic (exact) mass is 434 g/mol. The fourth-order valence-electron chi connectivity index (χ4n) is 4.59. The number of aromatic nitrogens is 2. The number of pyridine rings is 2. The lowest BCUT2D eigenvalue weighted by molar-refractivity contribution is -0.151. The molecule has 2 aliphatic heterocycles. The highest BCUT2D eigenvalue weighted by Gasteiger charge is 2.62. The van der Waals surface area contributed by atoms with E-state index in [2.05, 4.69) is 9.97 Å². The Kier molecular flexibility index (Phi) is 4.78. The fraction of sp³-hybridized carbons (Fsp3) is 0.400. The number of nitrogens with two attached hydrogens (primary N) is 2. The van der Waals surface area contributed by atoms with E-state index in [-0.39, 0.29) is 36.8 Å². The molecule has 0 radical (unpaired) electrons. The topological polar surface area (TPSA) is 118 Å². The van der Waals surface area contributed by atoms with Gasteiger partial charge in [-0.05, 0) is 30.7 Å². The average molecular weight is 434 g/mol. The molecule has 1 fully saturated rings. The van der Waals surface area contributed by atoms with Crippen molar-refractivity contribution in [3.8, 4) is 0 Å². The van der Waals surface area contributed by atoms with E-state index in [0.717, 1.165) is 0 Å². The van der Waals surface area contributed by atoms with Crippen LogP contribution in [0.1, 0.15) is 25.0 Å². The van der Waals surface area contributed by atoms with E-state index in [9.17, 15) is 22.8 Å². The first kappa shape index (κ1) is 20.9. The molecule has 0 spiro atoms. The summed E-state index contributed by atoms with van der Waals surface area (Å²) in [6, 6.07) is 7.74. The normalized spacial score (nSPS) is 23.4. The van der Waals surface area contributed by atoms with Gasteiger partial charge in [0.05, 0.1) is 29.8 Å². The predicted molar refractivity (Wildman–Crippen MR) is 107 cm³/mol. The van der Waals surface area contributed by atoms with Crippen LogP contribution in [-0.4, -0.2) is 46.6 Å². The van der Waals surface area contributed by atoms with Crippen molar-refractivity contribution in [2.45, 2.75) is 31.0 Å². The van der Waals surface area contributed by atoms with Gasteiger partial charge in [0.15, 0.2) is 11.4 Å². The van der Waals surface area contributed by atoms with Gasteiger partial charge in [0.2, 0.25) is 11.8 Å². The van der Waals surface area contributed by atoms with E-state index in [0.29, 0.717) is 5.69 Å². The molecule has 2 aromatic heterocycles. The lowest BCUT2D eigenvalue weighted by Gasteiger charge is -2.45. The van der Waals surface area contributed by atoms with Crippen molar-refractivity contribution in [3.05, 3.63) is 42.2 Å². The summed E-state index contributed by atoms with van der Waals surface area (Å²) in [7, 11) is 0. The van der Waals surface area contributed by atoms with Gasteiger partial charge >= 0.3 is 6.18 Å². The number of alkyl halides is 3. The van der Waals surface area contributed by atoms with Crippen LogP contribution in [0.3, 0.4) is 0 Å². The van der Waals surface area contributed by atoms with Crippen LogP contribution in [0, 0.1) is 5.92 Å². The van der Waals surface area contributed by atoms with Crippen molar-refractivity contribution in [1.29, 1.82) is 0 Å². The lowest BCUT2D eigenvalue weighted by Crippen LogP contribution is -2.65. The molecule has 2 aromatic rings. The predicted octanol–water partition coefficient (Wildman–Crippen LogP) is 1.83. The molecule has 4 heterocycles. The van der Waals surface area contributed by atoms with Gasteiger partial charge < -0.3 is 16.4 Å². The molecule has 1 saturated heterocycles. The third-order valence-corrected chi connectivity index (χ3v) is 6.05. The van der Waals surface area contributed by atoms with Crippen LogP contribution in [0.25, 0.3) is 0 Å². The summed E-state index contributed by atoms with van der Waals surface area (Å²) in [4.78, 5) is 36.8. The van der Waals surface area contributed by atoms with Crippen LogP contribution < -0.4 is 21.3 Å². The minimum atomic E-state index is -4.49. The summed E-state index contributed by atoms with van der Waals surface area (Å²) in [5.41, 5.74) is 10.1. The highest BCUT2D eigenvalue weighted by Crippen LogP contribution is 2.51. The molecular weight excluding hydrogens is 413 g/mol. The van der Waals surface area contributed by atoms with E-state index in [1.54, 1.807) is 23.1 Å². The fourth-order valence-corrected chi connectivity index (χ4v) is 4.59. The number of primary amides is 2. The molecule has 2 amide bonds.